The van der Waals surface area contributed by atoms with Gasteiger partial charge in [0.1, 0.15) is 11.6 Å². The SMILES string of the molecule is CN(C)c1nc(N)nc(CN(Cc2c(F)cccc2Cl)C2CC2)n1. The van der Waals surface area contributed by atoms with E-state index in [1.54, 1.807) is 17.0 Å². The first-order valence-electron chi connectivity index (χ1n) is 7.78. The molecule has 1 aliphatic rings. The van der Waals surface area contributed by atoms with Crippen molar-refractivity contribution in [2.45, 2.75) is 32.0 Å². The predicted molar refractivity (Wildman–Crippen MR) is 92.2 cm³/mol. The molecule has 8 heteroatoms. The maximum atomic E-state index is 14.1. The van der Waals surface area contributed by atoms with Crippen LogP contribution in [-0.2, 0) is 13.1 Å². The Morgan fingerprint density at radius 2 is 1.96 bits per heavy atom. The number of nitrogen functional groups attached to an aromatic ring is 1. The van der Waals surface area contributed by atoms with Gasteiger partial charge in [-0.1, -0.05) is 17.7 Å². The molecule has 1 aromatic heterocycles. The summed E-state index contributed by atoms with van der Waals surface area (Å²) in [4.78, 5) is 16.6. The lowest BCUT2D eigenvalue weighted by Crippen LogP contribution is -2.27. The highest BCUT2D eigenvalue weighted by atomic mass is 35.5. The minimum atomic E-state index is -0.294. The summed E-state index contributed by atoms with van der Waals surface area (Å²) in [6.07, 6.45) is 2.15. The van der Waals surface area contributed by atoms with Gasteiger partial charge in [0, 0.05) is 37.3 Å². The van der Waals surface area contributed by atoms with E-state index >= 15 is 0 Å². The van der Waals surface area contributed by atoms with E-state index in [0.717, 1.165) is 12.8 Å². The highest BCUT2D eigenvalue weighted by molar-refractivity contribution is 6.31. The third-order valence-corrected chi connectivity index (χ3v) is 4.27. The molecule has 0 aliphatic heterocycles. The smallest absolute Gasteiger partial charge is 0.229 e. The maximum absolute atomic E-state index is 14.1. The molecule has 0 spiro atoms. The van der Waals surface area contributed by atoms with Gasteiger partial charge in [-0.3, -0.25) is 4.90 Å². The summed E-state index contributed by atoms with van der Waals surface area (Å²) in [5, 5.41) is 0.435. The number of aromatic nitrogens is 3. The fourth-order valence-corrected chi connectivity index (χ4v) is 2.74. The Kier molecular flexibility index (Phi) is 4.82. The Bertz CT molecular complexity index is 714. The summed E-state index contributed by atoms with van der Waals surface area (Å²) >= 11 is 6.16. The van der Waals surface area contributed by atoms with Gasteiger partial charge in [-0.2, -0.15) is 15.0 Å². The van der Waals surface area contributed by atoms with E-state index < -0.39 is 0 Å². The van der Waals surface area contributed by atoms with Gasteiger partial charge in [0.15, 0.2) is 0 Å². The van der Waals surface area contributed by atoms with Gasteiger partial charge in [0.25, 0.3) is 0 Å². The third-order valence-electron chi connectivity index (χ3n) is 3.92. The second-order valence-electron chi connectivity index (χ2n) is 6.14. The van der Waals surface area contributed by atoms with Gasteiger partial charge >= 0.3 is 0 Å². The highest BCUT2D eigenvalue weighted by Crippen LogP contribution is 2.31. The van der Waals surface area contributed by atoms with Crippen molar-refractivity contribution >= 4 is 23.5 Å². The first kappa shape index (κ1) is 16.9. The van der Waals surface area contributed by atoms with Gasteiger partial charge in [-0.05, 0) is 25.0 Å². The van der Waals surface area contributed by atoms with Crippen molar-refractivity contribution in [1.29, 1.82) is 0 Å². The monoisotopic (exact) mass is 350 g/mol. The third kappa shape index (κ3) is 3.91. The molecular weight excluding hydrogens is 331 g/mol. The molecule has 1 aliphatic carbocycles. The van der Waals surface area contributed by atoms with E-state index in [4.69, 9.17) is 17.3 Å². The zero-order chi connectivity index (χ0) is 17.3. The molecule has 24 heavy (non-hydrogen) atoms. The second kappa shape index (κ2) is 6.86. The van der Waals surface area contributed by atoms with Crippen molar-refractivity contribution in [3.63, 3.8) is 0 Å². The normalized spacial score (nSPS) is 14.2. The number of hydrogen-bond acceptors (Lipinski definition) is 6. The number of rotatable bonds is 6. The largest absolute Gasteiger partial charge is 0.368 e. The average Bonchev–Trinajstić information content (AvgIpc) is 3.34. The van der Waals surface area contributed by atoms with E-state index in [2.05, 4.69) is 19.9 Å². The van der Waals surface area contributed by atoms with Crippen LogP contribution in [0.25, 0.3) is 0 Å². The minimum Gasteiger partial charge on any atom is -0.368 e. The molecule has 2 N–H and O–H groups in total. The van der Waals surface area contributed by atoms with Crippen LogP contribution in [0.15, 0.2) is 18.2 Å². The van der Waals surface area contributed by atoms with Crippen LogP contribution >= 0.6 is 11.6 Å². The Morgan fingerprint density at radius 3 is 2.58 bits per heavy atom. The maximum Gasteiger partial charge on any atom is 0.229 e. The second-order valence-corrected chi connectivity index (χ2v) is 6.55. The predicted octanol–water partition coefficient (Wildman–Crippen LogP) is 2.48. The van der Waals surface area contributed by atoms with Crippen LogP contribution < -0.4 is 10.6 Å². The molecule has 0 saturated heterocycles. The number of nitrogens with two attached hydrogens (primary N) is 1. The van der Waals surface area contributed by atoms with Gasteiger partial charge < -0.3 is 10.6 Å². The van der Waals surface area contributed by atoms with Crippen molar-refractivity contribution in [3.05, 3.63) is 40.4 Å². The van der Waals surface area contributed by atoms with Crippen molar-refractivity contribution in [1.82, 2.24) is 19.9 Å². The van der Waals surface area contributed by atoms with E-state index in [9.17, 15) is 4.39 Å². The summed E-state index contributed by atoms with van der Waals surface area (Å²) in [5.41, 5.74) is 6.28. The van der Waals surface area contributed by atoms with E-state index in [-0.39, 0.29) is 11.8 Å². The summed E-state index contributed by atoms with van der Waals surface area (Å²) in [7, 11) is 3.69. The van der Waals surface area contributed by atoms with Gasteiger partial charge in [0.2, 0.25) is 11.9 Å². The molecule has 0 unspecified atom stereocenters. The van der Waals surface area contributed by atoms with Gasteiger partial charge in [0.05, 0.1) is 6.54 Å². The highest BCUT2D eigenvalue weighted by Gasteiger charge is 2.31. The molecule has 0 amide bonds. The van der Waals surface area contributed by atoms with Crippen LogP contribution in [0.5, 0.6) is 0 Å². The molecule has 1 heterocycles. The standard InChI is InChI=1S/C16H20ClFN6/c1-23(2)16-21-14(20-15(19)22-16)9-24(10-6-7-10)8-11-12(17)4-3-5-13(11)18/h3-5,10H,6-9H2,1-2H3,(H2,19,20,21,22). The molecule has 0 radical (unpaired) electrons. The van der Waals surface area contributed by atoms with E-state index in [0.29, 0.717) is 41.5 Å². The molecule has 2 aromatic rings. The van der Waals surface area contributed by atoms with Gasteiger partial charge in [-0.25, -0.2) is 4.39 Å². The quantitative estimate of drug-likeness (QED) is 0.863. The van der Waals surface area contributed by atoms with E-state index in [1.165, 1.54) is 6.07 Å². The van der Waals surface area contributed by atoms with Crippen LogP contribution in [0.1, 0.15) is 24.2 Å². The topological polar surface area (TPSA) is 71.2 Å². The lowest BCUT2D eigenvalue weighted by atomic mass is 10.2. The van der Waals surface area contributed by atoms with Crippen LogP contribution in [0, 0.1) is 5.82 Å². The van der Waals surface area contributed by atoms with Gasteiger partial charge in [-0.15, -0.1) is 0 Å². The summed E-state index contributed by atoms with van der Waals surface area (Å²) in [6.45, 7) is 0.891. The fraction of sp³-hybridized carbons (Fsp3) is 0.438. The van der Waals surface area contributed by atoms with Crippen molar-refractivity contribution < 1.29 is 4.39 Å². The molecular formula is C16H20ClFN6. The molecule has 1 aromatic carbocycles. The summed E-state index contributed by atoms with van der Waals surface area (Å²) in [6, 6.07) is 5.13. The number of hydrogen-bond donors (Lipinski definition) is 1. The Morgan fingerprint density at radius 1 is 1.21 bits per heavy atom. The van der Waals surface area contributed by atoms with Crippen LogP contribution in [0.2, 0.25) is 5.02 Å². The number of halogens is 2. The lowest BCUT2D eigenvalue weighted by molar-refractivity contribution is 0.236. The zero-order valence-corrected chi connectivity index (χ0v) is 14.5. The number of anilines is 2. The molecule has 0 bridgehead atoms. The summed E-state index contributed by atoms with van der Waals surface area (Å²) in [5.74, 6) is 0.975. The average molecular weight is 351 g/mol. The van der Waals surface area contributed by atoms with Crippen LogP contribution in [0.4, 0.5) is 16.3 Å². The first-order chi connectivity index (χ1) is 11.4. The summed E-state index contributed by atoms with van der Waals surface area (Å²) < 4.78 is 14.1. The fourth-order valence-electron chi connectivity index (χ4n) is 2.52. The van der Waals surface area contributed by atoms with Crippen molar-refractivity contribution in [2.24, 2.45) is 0 Å². The van der Waals surface area contributed by atoms with Crippen molar-refractivity contribution in [3.8, 4) is 0 Å². The van der Waals surface area contributed by atoms with Crippen molar-refractivity contribution in [2.75, 3.05) is 24.7 Å². The van der Waals surface area contributed by atoms with E-state index in [1.807, 2.05) is 14.1 Å². The molecule has 3 rings (SSSR count). The zero-order valence-electron chi connectivity index (χ0n) is 13.7. The molecule has 6 nitrogen and oxygen atoms in total. The number of benzene rings is 1. The van der Waals surface area contributed by atoms with Crippen LogP contribution in [0.3, 0.4) is 0 Å². The Hall–Kier alpha value is -1.99. The Labute approximate surface area is 145 Å². The van der Waals surface area contributed by atoms with Crippen LogP contribution in [-0.4, -0.2) is 40.0 Å². The minimum absolute atomic E-state index is 0.184. The molecule has 1 saturated carbocycles. The number of nitrogens with zero attached hydrogens (tertiary/aromatic N) is 5. The lowest BCUT2D eigenvalue weighted by Gasteiger charge is -2.22. The molecule has 128 valence electrons. The Balaban J connectivity index is 1.83. The molecule has 1 fully saturated rings. The molecule has 0 atom stereocenters. The first-order valence-corrected chi connectivity index (χ1v) is 8.16.